The number of methoxy groups -OCH3 is 1. The molecule has 0 spiro atoms. The Bertz CT molecular complexity index is 815. The maximum absolute atomic E-state index is 5.27. The highest BCUT2D eigenvalue weighted by Crippen LogP contribution is 2.23. The van der Waals surface area contributed by atoms with E-state index in [4.69, 9.17) is 17.0 Å². The molecule has 3 rings (SSSR count). The van der Waals surface area contributed by atoms with Crippen molar-refractivity contribution in [1.82, 2.24) is 15.0 Å². The molecule has 0 saturated carbocycles. The quantitative estimate of drug-likeness (QED) is 0.745. The average Bonchev–Trinajstić information content (AvgIpc) is 2.55. The second-order valence-electron chi connectivity index (χ2n) is 4.46. The van der Waals surface area contributed by atoms with Gasteiger partial charge < -0.3 is 9.72 Å². The van der Waals surface area contributed by atoms with E-state index in [2.05, 4.69) is 15.0 Å². The third kappa shape index (κ3) is 2.98. The molecule has 0 radical (unpaired) electrons. The minimum Gasteiger partial charge on any atom is -0.495 e. The van der Waals surface area contributed by atoms with Gasteiger partial charge in [0.15, 0.2) is 0 Å². The largest absolute Gasteiger partial charge is 0.495 e. The van der Waals surface area contributed by atoms with Crippen LogP contribution in [0.2, 0.25) is 0 Å². The van der Waals surface area contributed by atoms with Gasteiger partial charge in [0.2, 0.25) is 0 Å². The average molecular weight is 295 g/mol. The molecule has 2 heterocycles. The van der Waals surface area contributed by atoms with Crippen molar-refractivity contribution >= 4 is 12.2 Å². The highest BCUT2D eigenvalue weighted by Gasteiger charge is 2.05. The summed E-state index contributed by atoms with van der Waals surface area (Å²) in [6.07, 6.45) is 3.43. The molecule has 0 aliphatic rings. The van der Waals surface area contributed by atoms with Crippen LogP contribution >= 0.6 is 12.2 Å². The number of nitrogens with zero attached hydrogens (tertiary/aromatic N) is 2. The molecule has 4 nitrogen and oxygen atoms in total. The molecular weight excluding hydrogens is 282 g/mol. The van der Waals surface area contributed by atoms with Crippen molar-refractivity contribution in [2.45, 2.75) is 0 Å². The molecular formula is C16H13N3OS. The summed E-state index contributed by atoms with van der Waals surface area (Å²) in [4.78, 5) is 11.8. The van der Waals surface area contributed by atoms with Gasteiger partial charge in [-0.3, -0.25) is 4.98 Å². The van der Waals surface area contributed by atoms with Crippen molar-refractivity contribution in [3.05, 3.63) is 59.5 Å². The van der Waals surface area contributed by atoms with E-state index in [0.29, 0.717) is 10.4 Å². The van der Waals surface area contributed by atoms with Gasteiger partial charge >= 0.3 is 0 Å². The van der Waals surface area contributed by atoms with Crippen LogP contribution in [0.1, 0.15) is 0 Å². The zero-order valence-corrected chi connectivity index (χ0v) is 12.2. The van der Waals surface area contributed by atoms with Crippen LogP contribution in [-0.2, 0) is 0 Å². The summed E-state index contributed by atoms with van der Waals surface area (Å²) in [6.45, 7) is 0. The van der Waals surface area contributed by atoms with E-state index in [9.17, 15) is 0 Å². The molecule has 0 atom stereocenters. The molecule has 0 saturated heterocycles. The topological polar surface area (TPSA) is 50.8 Å². The molecule has 104 valence electrons. The lowest BCUT2D eigenvalue weighted by Gasteiger charge is -2.07. The number of rotatable bonds is 3. The Labute approximate surface area is 127 Å². The smallest absolute Gasteiger partial charge is 0.139 e. The number of hydrogen-bond donors (Lipinski definition) is 1. The van der Waals surface area contributed by atoms with Crippen LogP contribution in [0.5, 0.6) is 5.75 Å². The van der Waals surface area contributed by atoms with Crippen molar-refractivity contribution in [2.75, 3.05) is 7.11 Å². The number of hydrogen-bond acceptors (Lipinski definition) is 4. The lowest BCUT2D eigenvalue weighted by atomic mass is 10.1. The molecule has 1 N–H and O–H groups in total. The maximum atomic E-state index is 5.27. The van der Waals surface area contributed by atoms with Crippen LogP contribution in [0.3, 0.4) is 0 Å². The second kappa shape index (κ2) is 5.85. The number of aromatic amines is 1. The zero-order valence-electron chi connectivity index (χ0n) is 11.4. The van der Waals surface area contributed by atoms with Gasteiger partial charge in [0.1, 0.15) is 16.2 Å². The molecule has 0 amide bonds. The summed E-state index contributed by atoms with van der Waals surface area (Å²) in [5, 5.41) is 0. The van der Waals surface area contributed by atoms with E-state index in [0.717, 1.165) is 22.6 Å². The Hall–Kier alpha value is -2.53. The minimum atomic E-state index is 0.533. The first kappa shape index (κ1) is 13.5. The van der Waals surface area contributed by atoms with E-state index >= 15 is 0 Å². The summed E-state index contributed by atoms with van der Waals surface area (Å²) in [5.41, 5.74) is 2.75. The Morgan fingerprint density at radius 1 is 1.05 bits per heavy atom. The van der Waals surface area contributed by atoms with Crippen LogP contribution in [0.4, 0.5) is 0 Å². The predicted molar refractivity (Wildman–Crippen MR) is 84.6 cm³/mol. The molecule has 3 aromatic rings. The number of pyridine rings is 1. The summed E-state index contributed by atoms with van der Waals surface area (Å²) in [6, 6.07) is 13.6. The van der Waals surface area contributed by atoms with Crippen molar-refractivity contribution in [1.29, 1.82) is 0 Å². The first-order chi connectivity index (χ1) is 10.3. The molecule has 0 unspecified atom stereocenters. The molecule has 21 heavy (non-hydrogen) atoms. The van der Waals surface area contributed by atoms with Crippen molar-refractivity contribution in [2.24, 2.45) is 0 Å². The first-order valence-electron chi connectivity index (χ1n) is 6.42. The van der Waals surface area contributed by atoms with Gasteiger partial charge in [-0.05, 0) is 12.1 Å². The number of ether oxygens (including phenoxy) is 1. The number of nitrogens with one attached hydrogen (secondary N) is 1. The fourth-order valence-electron chi connectivity index (χ4n) is 2.02. The number of benzene rings is 1. The molecule has 0 bridgehead atoms. The van der Waals surface area contributed by atoms with E-state index in [1.807, 2.05) is 42.5 Å². The van der Waals surface area contributed by atoms with Crippen molar-refractivity contribution in [3.63, 3.8) is 0 Å². The fraction of sp³-hybridized carbons (Fsp3) is 0.0625. The lowest BCUT2D eigenvalue weighted by Crippen LogP contribution is -1.94. The number of H-pyrrole nitrogens is 1. The molecule has 1 aromatic carbocycles. The summed E-state index contributed by atoms with van der Waals surface area (Å²) in [7, 11) is 1.62. The van der Waals surface area contributed by atoms with Gasteiger partial charge in [-0.25, -0.2) is 4.98 Å². The van der Waals surface area contributed by atoms with Gasteiger partial charge in [-0.15, -0.1) is 0 Å². The monoisotopic (exact) mass is 295 g/mol. The lowest BCUT2D eigenvalue weighted by molar-refractivity contribution is 0.413. The highest BCUT2D eigenvalue weighted by atomic mass is 32.1. The van der Waals surface area contributed by atoms with Crippen LogP contribution in [0, 0.1) is 4.64 Å². The Balaban J connectivity index is 2.12. The fourth-order valence-corrected chi connectivity index (χ4v) is 2.23. The summed E-state index contributed by atoms with van der Waals surface area (Å²) < 4.78 is 5.74. The van der Waals surface area contributed by atoms with Gasteiger partial charge in [0.05, 0.1) is 19.0 Å². The third-order valence-corrected chi connectivity index (χ3v) is 3.26. The van der Waals surface area contributed by atoms with Gasteiger partial charge in [0, 0.05) is 17.3 Å². The SMILES string of the molecule is COc1cncc(-c2cc(=S)nc(-c3ccccc3)[nH]2)c1. The predicted octanol–water partition coefficient (Wildman–Crippen LogP) is 3.88. The second-order valence-corrected chi connectivity index (χ2v) is 4.88. The van der Waals surface area contributed by atoms with Crippen LogP contribution in [0.25, 0.3) is 22.6 Å². The Kier molecular flexibility index (Phi) is 3.75. The van der Waals surface area contributed by atoms with Crippen LogP contribution in [0.15, 0.2) is 54.9 Å². The molecule has 2 aromatic heterocycles. The first-order valence-corrected chi connectivity index (χ1v) is 6.83. The standard InChI is InChI=1S/C16H13N3OS/c1-20-13-7-12(9-17-10-13)14-8-15(21)19-16(18-14)11-5-3-2-4-6-11/h2-10H,1H3,(H,18,19,21). The Morgan fingerprint density at radius 3 is 2.62 bits per heavy atom. The van der Waals surface area contributed by atoms with Crippen molar-refractivity contribution in [3.8, 4) is 28.4 Å². The Morgan fingerprint density at radius 2 is 1.86 bits per heavy atom. The summed E-state index contributed by atoms with van der Waals surface area (Å²) >= 11 is 5.27. The maximum Gasteiger partial charge on any atom is 0.139 e. The van der Waals surface area contributed by atoms with Gasteiger partial charge in [0.25, 0.3) is 0 Å². The molecule has 0 fully saturated rings. The molecule has 0 aliphatic carbocycles. The van der Waals surface area contributed by atoms with Crippen LogP contribution in [-0.4, -0.2) is 22.1 Å². The third-order valence-electron chi connectivity index (χ3n) is 3.05. The van der Waals surface area contributed by atoms with E-state index in [1.54, 1.807) is 19.5 Å². The normalized spacial score (nSPS) is 10.3. The van der Waals surface area contributed by atoms with Crippen LogP contribution < -0.4 is 4.74 Å². The minimum absolute atomic E-state index is 0.533. The van der Waals surface area contributed by atoms with E-state index < -0.39 is 0 Å². The zero-order chi connectivity index (χ0) is 14.7. The number of aromatic nitrogens is 3. The molecule has 5 heteroatoms. The van der Waals surface area contributed by atoms with Crippen molar-refractivity contribution < 1.29 is 4.74 Å². The van der Waals surface area contributed by atoms with Gasteiger partial charge in [-0.2, -0.15) is 0 Å². The van der Waals surface area contributed by atoms with E-state index in [-0.39, 0.29) is 0 Å². The van der Waals surface area contributed by atoms with Gasteiger partial charge in [-0.1, -0.05) is 42.5 Å². The molecule has 0 aliphatic heterocycles. The summed E-state index contributed by atoms with van der Waals surface area (Å²) in [5.74, 6) is 1.44. The van der Waals surface area contributed by atoms with E-state index in [1.165, 1.54) is 0 Å². The highest BCUT2D eigenvalue weighted by molar-refractivity contribution is 7.71.